The summed E-state index contributed by atoms with van der Waals surface area (Å²) in [7, 11) is 0. The second-order valence-corrected chi connectivity index (χ2v) is 6.44. The van der Waals surface area contributed by atoms with Crippen LogP contribution in [0.15, 0.2) is 12.5 Å². The predicted octanol–water partition coefficient (Wildman–Crippen LogP) is -4.82. The van der Waals surface area contributed by atoms with E-state index in [1.807, 2.05) is 5.32 Å². The summed E-state index contributed by atoms with van der Waals surface area (Å²) in [5.41, 5.74) is 6.35. The normalized spacial score (nSPS) is 15.9. The van der Waals surface area contributed by atoms with Crippen LogP contribution in [0.1, 0.15) is 12.6 Å². The van der Waals surface area contributed by atoms with E-state index in [-0.39, 0.29) is 6.42 Å². The lowest BCUT2D eigenvalue weighted by atomic mass is 10.1. The number of hydrogen-bond acceptors (Lipinski definition) is 9. The van der Waals surface area contributed by atoms with Crippen LogP contribution in [0.5, 0.6) is 0 Å². The van der Waals surface area contributed by atoms with Gasteiger partial charge in [-0.25, -0.2) is 9.78 Å². The van der Waals surface area contributed by atoms with E-state index in [1.165, 1.54) is 19.4 Å². The van der Waals surface area contributed by atoms with Crippen LogP contribution in [0.2, 0.25) is 0 Å². The molecule has 168 valence electrons. The van der Waals surface area contributed by atoms with Crippen molar-refractivity contribution in [2.45, 2.75) is 43.6 Å². The number of carbonyl (C=O) groups is 4. The molecule has 30 heavy (non-hydrogen) atoms. The van der Waals surface area contributed by atoms with Gasteiger partial charge in [0.05, 0.1) is 31.7 Å². The number of hydrogen-bond donors (Lipinski definition) is 9. The molecule has 0 aliphatic rings. The summed E-state index contributed by atoms with van der Waals surface area (Å²) in [5, 5.41) is 43.3. The zero-order valence-electron chi connectivity index (χ0n) is 16.1. The Hall–Kier alpha value is -3.07. The van der Waals surface area contributed by atoms with Crippen LogP contribution in [0.25, 0.3) is 0 Å². The van der Waals surface area contributed by atoms with E-state index in [9.17, 15) is 29.4 Å². The van der Waals surface area contributed by atoms with Gasteiger partial charge < -0.3 is 47.1 Å². The van der Waals surface area contributed by atoms with Crippen LogP contribution in [-0.4, -0.2) is 97.6 Å². The van der Waals surface area contributed by atoms with Crippen LogP contribution in [0.3, 0.4) is 0 Å². The average molecular weight is 430 g/mol. The number of carboxylic acid groups (broad SMARTS) is 1. The molecule has 1 heterocycles. The number of aromatic amines is 1. The van der Waals surface area contributed by atoms with Crippen molar-refractivity contribution in [2.24, 2.45) is 5.73 Å². The van der Waals surface area contributed by atoms with Crippen LogP contribution >= 0.6 is 0 Å². The van der Waals surface area contributed by atoms with Crippen molar-refractivity contribution in [3.8, 4) is 0 Å². The lowest BCUT2D eigenvalue weighted by molar-refractivity contribution is -0.143. The van der Waals surface area contributed by atoms with Crippen molar-refractivity contribution in [3.05, 3.63) is 18.2 Å². The molecular weight excluding hydrogens is 404 g/mol. The molecule has 14 heteroatoms. The number of carbonyl (C=O) groups excluding carboxylic acids is 3. The Kier molecular flexibility index (Phi) is 9.83. The van der Waals surface area contributed by atoms with E-state index in [0.29, 0.717) is 5.69 Å². The molecule has 1 rings (SSSR count). The highest BCUT2D eigenvalue weighted by Crippen LogP contribution is 2.00. The number of amides is 3. The number of imidazole rings is 1. The predicted molar refractivity (Wildman–Crippen MR) is 99.5 cm³/mol. The number of aliphatic hydroxyl groups is 3. The lowest BCUT2D eigenvalue weighted by Gasteiger charge is -2.25. The molecule has 3 amide bonds. The largest absolute Gasteiger partial charge is 0.480 e. The van der Waals surface area contributed by atoms with Crippen LogP contribution in [0.4, 0.5) is 0 Å². The zero-order chi connectivity index (χ0) is 22.8. The fourth-order valence-corrected chi connectivity index (χ4v) is 2.30. The second-order valence-electron chi connectivity index (χ2n) is 6.44. The van der Waals surface area contributed by atoms with E-state index in [2.05, 4.69) is 20.6 Å². The molecule has 14 nitrogen and oxygen atoms in total. The monoisotopic (exact) mass is 430 g/mol. The quantitative estimate of drug-likeness (QED) is 0.153. The fourth-order valence-electron chi connectivity index (χ4n) is 2.30. The molecule has 5 unspecified atom stereocenters. The summed E-state index contributed by atoms with van der Waals surface area (Å²) in [6, 6.07) is -5.82. The van der Waals surface area contributed by atoms with Crippen molar-refractivity contribution in [1.82, 2.24) is 25.9 Å². The minimum Gasteiger partial charge on any atom is -0.480 e. The average Bonchev–Trinajstić information content (AvgIpc) is 3.19. The standard InChI is InChI=1S/C16H26N6O8/c1-7(25)12(22-13(26)9(17)2-8-3-18-6-19-8)15(28)20-10(4-23)14(27)21-11(5-24)16(29)30/h3,6-7,9-12,23-25H,2,4-5,17H2,1H3,(H,18,19)(H,20,28)(H,21,27)(H,22,26)(H,29,30). The molecule has 0 aliphatic heterocycles. The molecule has 0 saturated heterocycles. The maximum atomic E-state index is 12.4. The fraction of sp³-hybridized carbons (Fsp3) is 0.562. The first-order valence-electron chi connectivity index (χ1n) is 8.87. The molecule has 0 saturated carbocycles. The number of aliphatic carboxylic acids is 1. The Labute approximate surface area is 170 Å². The minimum absolute atomic E-state index is 0.0827. The van der Waals surface area contributed by atoms with Gasteiger partial charge in [-0.3, -0.25) is 14.4 Å². The Bertz CT molecular complexity index is 725. The Morgan fingerprint density at radius 2 is 1.67 bits per heavy atom. The van der Waals surface area contributed by atoms with Gasteiger partial charge in [-0.05, 0) is 6.92 Å². The van der Waals surface area contributed by atoms with E-state index in [4.69, 9.17) is 15.9 Å². The maximum absolute atomic E-state index is 12.4. The first-order valence-corrected chi connectivity index (χ1v) is 8.87. The van der Waals surface area contributed by atoms with E-state index >= 15 is 0 Å². The highest BCUT2D eigenvalue weighted by atomic mass is 16.4. The molecule has 0 aliphatic carbocycles. The number of nitrogens with one attached hydrogen (secondary N) is 4. The van der Waals surface area contributed by atoms with E-state index in [0.717, 1.165) is 0 Å². The van der Waals surface area contributed by atoms with Gasteiger partial charge >= 0.3 is 5.97 Å². The van der Waals surface area contributed by atoms with Gasteiger partial charge in [0.1, 0.15) is 18.1 Å². The molecule has 0 aromatic carbocycles. The number of nitrogens with zero attached hydrogens (tertiary/aromatic N) is 1. The zero-order valence-corrected chi connectivity index (χ0v) is 16.1. The first kappa shape index (κ1) is 25.0. The van der Waals surface area contributed by atoms with Crippen LogP contribution < -0.4 is 21.7 Å². The van der Waals surface area contributed by atoms with Crippen molar-refractivity contribution in [2.75, 3.05) is 13.2 Å². The molecular formula is C16H26N6O8. The van der Waals surface area contributed by atoms with Gasteiger partial charge in [-0.2, -0.15) is 0 Å². The molecule has 0 spiro atoms. The number of rotatable bonds is 12. The Morgan fingerprint density at radius 1 is 1.07 bits per heavy atom. The summed E-state index contributed by atoms with van der Waals surface area (Å²) in [5.74, 6) is -4.38. The second kappa shape index (κ2) is 11.8. The van der Waals surface area contributed by atoms with Crippen molar-refractivity contribution < 1.29 is 39.6 Å². The SMILES string of the molecule is CC(O)C(NC(=O)C(N)Cc1cnc[nH]1)C(=O)NC(CO)C(=O)NC(CO)C(=O)O. The minimum atomic E-state index is -1.64. The number of H-pyrrole nitrogens is 1. The Morgan fingerprint density at radius 3 is 2.13 bits per heavy atom. The molecule has 0 fully saturated rings. The summed E-state index contributed by atoms with van der Waals surface area (Å²) in [6.45, 7) is -0.603. The third-order valence-electron chi connectivity index (χ3n) is 4.01. The summed E-state index contributed by atoms with van der Waals surface area (Å²) in [6.07, 6.45) is 1.56. The molecule has 0 radical (unpaired) electrons. The Balaban J connectivity index is 2.75. The highest BCUT2D eigenvalue weighted by Gasteiger charge is 2.32. The van der Waals surface area contributed by atoms with Crippen molar-refractivity contribution >= 4 is 23.7 Å². The molecule has 10 N–H and O–H groups in total. The van der Waals surface area contributed by atoms with Gasteiger partial charge in [0.15, 0.2) is 0 Å². The van der Waals surface area contributed by atoms with Crippen LogP contribution in [0, 0.1) is 0 Å². The molecule has 5 atom stereocenters. The van der Waals surface area contributed by atoms with Gasteiger partial charge in [0, 0.05) is 18.3 Å². The molecule has 1 aromatic heterocycles. The summed E-state index contributed by atoms with van der Waals surface area (Å²) >= 11 is 0. The van der Waals surface area contributed by atoms with Gasteiger partial charge in [-0.1, -0.05) is 0 Å². The third kappa shape index (κ3) is 7.40. The van der Waals surface area contributed by atoms with Crippen molar-refractivity contribution in [1.29, 1.82) is 0 Å². The third-order valence-corrected chi connectivity index (χ3v) is 4.01. The first-order chi connectivity index (χ1) is 14.1. The number of aromatic nitrogens is 2. The number of nitrogens with two attached hydrogens (primary N) is 1. The van der Waals surface area contributed by atoms with Gasteiger partial charge in [0.25, 0.3) is 0 Å². The molecule has 0 bridgehead atoms. The smallest absolute Gasteiger partial charge is 0.328 e. The van der Waals surface area contributed by atoms with E-state index < -0.39 is 67.2 Å². The lowest BCUT2D eigenvalue weighted by Crippen LogP contribution is -2.60. The molecule has 1 aromatic rings. The number of aliphatic hydroxyl groups excluding tert-OH is 3. The van der Waals surface area contributed by atoms with Crippen molar-refractivity contribution in [3.63, 3.8) is 0 Å². The highest BCUT2D eigenvalue weighted by molar-refractivity contribution is 5.94. The summed E-state index contributed by atoms with van der Waals surface area (Å²) in [4.78, 5) is 54.1. The van der Waals surface area contributed by atoms with Gasteiger partial charge in [-0.15, -0.1) is 0 Å². The number of carboxylic acids is 1. The summed E-state index contributed by atoms with van der Waals surface area (Å²) < 4.78 is 0. The van der Waals surface area contributed by atoms with E-state index in [1.54, 1.807) is 0 Å². The topological polar surface area (TPSA) is 240 Å². The van der Waals surface area contributed by atoms with Gasteiger partial charge in [0.2, 0.25) is 17.7 Å². The van der Waals surface area contributed by atoms with Crippen LogP contribution in [-0.2, 0) is 25.6 Å². The maximum Gasteiger partial charge on any atom is 0.328 e.